The third-order valence-electron chi connectivity index (χ3n) is 6.27. The summed E-state index contributed by atoms with van der Waals surface area (Å²) in [4.78, 5) is 25.4. The third kappa shape index (κ3) is 4.10. The van der Waals surface area contributed by atoms with Gasteiger partial charge < -0.3 is 14.8 Å². The number of hydrogen-bond acceptors (Lipinski definition) is 7. The number of aliphatic imine (C=N–C) groups is 1. The molecule has 1 unspecified atom stereocenters. The van der Waals surface area contributed by atoms with Gasteiger partial charge in [0, 0.05) is 36.8 Å². The van der Waals surface area contributed by atoms with E-state index in [1.807, 2.05) is 0 Å². The van der Waals surface area contributed by atoms with Crippen LogP contribution in [0.25, 0.3) is 0 Å². The fraction of sp³-hybridized carbons (Fsp3) is 0.714. The fourth-order valence-electron chi connectivity index (χ4n) is 4.39. The summed E-state index contributed by atoms with van der Waals surface area (Å²) >= 11 is 0. The Balaban J connectivity index is 1.32. The molecule has 3 fully saturated rings. The van der Waals surface area contributed by atoms with Crippen LogP contribution in [0.1, 0.15) is 57.4 Å². The highest BCUT2D eigenvalue weighted by molar-refractivity contribution is 5.85. The summed E-state index contributed by atoms with van der Waals surface area (Å²) in [7, 11) is 1.71. The molecule has 1 N–H and O–H groups in total. The maximum Gasteiger partial charge on any atom is 0.222 e. The molecule has 1 aromatic rings. The first kappa shape index (κ1) is 19.5. The summed E-state index contributed by atoms with van der Waals surface area (Å²) in [6, 6.07) is 0.568. The molecule has 2 atom stereocenters. The molecule has 0 aromatic carbocycles. The monoisotopic (exact) mass is 386 g/mol. The predicted octanol–water partition coefficient (Wildman–Crippen LogP) is 2.90. The van der Waals surface area contributed by atoms with Crippen molar-refractivity contribution in [3.05, 3.63) is 18.0 Å². The number of anilines is 1. The Morgan fingerprint density at radius 2 is 2.07 bits per heavy atom. The normalized spacial score (nSPS) is 29.5. The average Bonchev–Trinajstić information content (AvgIpc) is 3.35. The van der Waals surface area contributed by atoms with E-state index in [0.29, 0.717) is 25.2 Å². The molecular formula is C21H30N4O3. The summed E-state index contributed by atoms with van der Waals surface area (Å²) < 4.78 is 11.1. The number of ether oxygens (including phenoxy) is 2. The Hall–Kier alpha value is -1.86. The van der Waals surface area contributed by atoms with Gasteiger partial charge in [0.25, 0.3) is 0 Å². The molecule has 2 aliphatic carbocycles. The number of nitrogens with one attached hydrogen (secondary N) is 1. The molecular weight excluding hydrogens is 356 g/mol. The van der Waals surface area contributed by atoms with Crippen LogP contribution in [0.2, 0.25) is 0 Å². The largest absolute Gasteiger partial charge is 0.382 e. The van der Waals surface area contributed by atoms with Gasteiger partial charge in [-0.3, -0.25) is 9.79 Å². The zero-order chi connectivity index (χ0) is 19.6. The molecule has 4 rings (SSSR count). The molecule has 28 heavy (non-hydrogen) atoms. The number of rotatable bonds is 7. The lowest BCUT2D eigenvalue weighted by Gasteiger charge is -2.25. The van der Waals surface area contributed by atoms with Gasteiger partial charge in [-0.05, 0) is 57.3 Å². The van der Waals surface area contributed by atoms with E-state index in [0.717, 1.165) is 56.8 Å². The minimum atomic E-state index is -0.857. The van der Waals surface area contributed by atoms with Crippen molar-refractivity contribution in [2.45, 2.75) is 69.6 Å². The molecule has 2 saturated carbocycles. The van der Waals surface area contributed by atoms with Gasteiger partial charge in [0.1, 0.15) is 0 Å². The van der Waals surface area contributed by atoms with Crippen LogP contribution in [0.3, 0.4) is 0 Å². The highest BCUT2D eigenvalue weighted by Gasteiger charge is 2.57. The molecule has 1 spiro atoms. The van der Waals surface area contributed by atoms with Crippen LogP contribution < -0.4 is 5.32 Å². The van der Waals surface area contributed by atoms with Crippen molar-refractivity contribution in [2.24, 2.45) is 10.4 Å². The topological polar surface area (TPSA) is 85.7 Å². The van der Waals surface area contributed by atoms with E-state index in [1.165, 1.54) is 5.71 Å². The quantitative estimate of drug-likeness (QED) is 0.725. The minimum absolute atomic E-state index is 0.220. The molecule has 7 heteroatoms. The van der Waals surface area contributed by atoms with Crippen LogP contribution in [-0.2, 0) is 19.9 Å². The van der Waals surface area contributed by atoms with Gasteiger partial charge in [0.15, 0.2) is 11.9 Å². The molecule has 1 aliphatic heterocycles. The van der Waals surface area contributed by atoms with Gasteiger partial charge in [0.05, 0.1) is 19.3 Å². The zero-order valence-corrected chi connectivity index (χ0v) is 16.8. The Morgan fingerprint density at radius 1 is 1.36 bits per heavy atom. The van der Waals surface area contributed by atoms with Crippen LogP contribution >= 0.6 is 0 Å². The smallest absolute Gasteiger partial charge is 0.222 e. The van der Waals surface area contributed by atoms with E-state index >= 15 is 0 Å². The lowest BCUT2D eigenvalue weighted by Crippen LogP contribution is -2.29. The highest BCUT2D eigenvalue weighted by Crippen LogP contribution is 2.58. The number of carbonyl (C=O) groups excluding carboxylic acids is 1. The first-order valence-corrected chi connectivity index (χ1v) is 10.3. The average molecular weight is 386 g/mol. The number of nitrogens with zero attached hydrogens (tertiary/aromatic N) is 3. The van der Waals surface area contributed by atoms with Crippen molar-refractivity contribution in [3.63, 3.8) is 0 Å². The highest BCUT2D eigenvalue weighted by atomic mass is 16.5. The van der Waals surface area contributed by atoms with Crippen molar-refractivity contribution in [1.29, 1.82) is 0 Å². The lowest BCUT2D eigenvalue weighted by atomic mass is 9.89. The SMILES string of the molecule is COC[C@@H](C)N=C1CCC(Nc2ncc(C3(C=O)CC4(CC4)CO3)cn2)CC1. The van der Waals surface area contributed by atoms with Crippen LogP contribution in [-0.4, -0.2) is 54.4 Å². The van der Waals surface area contributed by atoms with Crippen molar-refractivity contribution in [2.75, 3.05) is 25.6 Å². The van der Waals surface area contributed by atoms with Gasteiger partial charge in [-0.2, -0.15) is 0 Å². The number of aromatic nitrogens is 2. The van der Waals surface area contributed by atoms with Gasteiger partial charge in [0.2, 0.25) is 5.95 Å². The Labute approximate surface area is 166 Å². The van der Waals surface area contributed by atoms with Gasteiger partial charge >= 0.3 is 0 Å². The van der Waals surface area contributed by atoms with Crippen molar-refractivity contribution in [1.82, 2.24) is 9.97 Å². The Bertz CT molecular complexity index is 722. The number of methoxy groups -OCH3 is 1. The summed E-state index contributed by atoms with van der Waals surface area (Å²) in [5.41, 5.74) is 1.41. The predicted molar refractivity (Wildman–Crippen MR) is 107 cm³/mol. The van der Waals surface area contributed by atoms with E-state index in [2.05, 4.69) is 22.2 Å². The molecule has 1 saturated heterocycles. The Morgan fingerprint density at radius 3 is 2.64 bits per heavy atom. The van der Waals surface area contributed by atoms with Crippen molar-refractivity contribution in [3.8, 4) is 0 Å². The first-order chi connectivity index (χ1) is 13.6. The second kappa shape index (κ2) is 7.87. The molecule has 7 nitrogen and oxygen atoms in total. The second-order valence-electron chi connectivity index (χ2n) is 8.69. The maximum absolute atomic E-state index is 11.8. The Kier molecular flexibility index (Phi) is 5.47. The molecule has 3 aliphatic rings. The first-order valence-electron chi connectivity index (χ1n) is 10.3. The van der Waals surface area contributed by atoms with E-state index in [-0.39, 0.29) is 11.5 Å². The molecule has 0 radical (unpaired) electrons. The summed E-state index contributed by atoms with van der Waals surface area (Å²) in [5, 5.41) is 3.43. The molecule has 1 aromatic heterocycles. The van der Waals surface area contributed by atoms with Crippen molar-refractivity contribution < 1.29 is 14.3 Å². The minimum Gasteiger partial charge on any atom is -0.382 e. The zero-order valence-electron chi connectivity index (χ0n) is 16.8. The van der Waals surface area contributed by atoms with Crippen molar-refractivity contribution >= 4 is 17.9 Å². The standard InChI is InChI=1S/C21H30N4O3/c1-15(11-27-2)24-17-3-5-18(6-4-17)25-19-22-9-16(10-23-19)21(13-26)12-20(7-8-20)14-28-21/h9-10,13,15,18H,3-8,11-12,14H2,1-2H3,(H,22,23,25)/t15-,18?,21?/m1/s1. The van der Waals surface area contributed by atoms with Crippen LogP contribution in [0, 0.1) is 5.41 Å². The van der Waals surface area contributed by atoms with E-state index in [4.69, 9.17) is 14.5 Å². The number of aldehydes is 1. The van der Waals surface area contributed by atoms with E-state index < -0.39 is 5.60 Å². The molecule has 0 amide bonds. The molecule has 152 valence electrons. The van der Waals surface area contributed by atoms with Gasteiger partial charge in [-0.15, -0.1) is 0 Å². The second-order valence-corrected chi connectivity index (χ2v) is 8.69. The summed E-state index contributed by atoms with van der Waals surface area (Å²) in [5.74, 6) is 0.613. The molecule has 2 heterocycles. The summed E-state index contributed by atoms with van der Waals surface area (Å²) in [6.07, 6.45) is 11.5. The number of carbonyl (C=O) groups is 1. The van der Waals surface area contributed by atoms with E-state index in [9.17, 15) is 4.79 Å². The van der Waals surface area contributed by atoms with Gasteiger partial charge in [-0.1, -0.05) is 0 Å². The summed E-state index contributed by atoms with van der Waals surface area (Å²) in [6.45, 7) is 3.42. The lowest BCUT2D eigenvalue weighted by molar-refractivity contribution is -0.126. The van der Waals surface area contributed by atoms with Crippen LogP contribution in [0.5, 0.6) is 0 Å². The third-order valence-corrected chi connectivity index (χ3v) is 6.27. The van der Waals surface area contributed by atoms with Gasteiger partial charge in [-0.25, -0.2) is 9.97 Å². The van der Waals surface area contributed by atoms with E-state index in [1.54, 1.807) is 19.5 Å². The van der Waals surface area contributed by atoms with Crippen LogP contribution in [0.15, 0.2) is 17.4 Å². The molecule has 0 bridgehead atoms. The van der Waals surface area contributed by atoms with Crippen LogP contribution in [0.4, 0.5) is 5.95 Å². The fourth-order valence-corrected chi connectivity index (χ4v) is 4.39. The number of hydrogen-bond donors (Lipinski definition) is 1. The maximum atomic E-state index is 11.8.